The molecule has 5 nitrogen and oxygen atoms in total. The SMILES string of the molecule is Cc1ccsc1/C=C/C(=O)NCC(=O)N1CCC(N(C)[C@@H]2CCCC[C@H]2C)CC1. The molecule has 0 spiro atoms. The number of amides is 2. The second-order valence-electron chi connectivity index (χ2n) is 8.63. The summed E-state index contributed by atoms with van der Waals surface area (Å²) in [6.45, 7) is 6.06. The average molecular weight is 418 g/mol. The van der Waals surface area contributed by atoms with Crippen molar-refractivity contribution >= 4 is 29.2 Å². The van der Waals surface area contributed by atoms with E-state index in [1.165, 1.54) is 31.8 Å². The number of nitrogens with zero attached hydrogens (tertiary/aromatic N) is 2. The van der Waals surface area contributed by atoms with E-state index < -0.39 is 0 Å². The Balaban J connectivity index is 1.40. The van der Waals surface area contributed by atoms with Crippen LogP contribution in [0.2, 0.25) is 0 Å². The summed E-state index contributed by atoms with van der Waals surface area (Å²) >= 11 is 1.61. The first-order valence-corrected chi connectivity index (χ1v) is 11.8. The van der Waals surface area contributed by atoms with Crippen LogP contribution in [-0.2, 0) is 9.59 Å². The van der Waals surface area contributed by atoms with Crippen molar-refractivity contribution in [1.29, 1.82) is 0 Å². The predicted octanol–water partition coefficient (Wildman–Crippen LogP) is 3.69. The lowest BCUT2D eigenvalue weighted by atomic mass is 9.84. The van der Waals surface area contributed by atoms with Crippen LogP contribution in [0.15, 0.2) is 17.5 Å². The summed E-state index contributed by atoms with van der Waals surface area (Å²) in [5, 5.41) is 4.74. The van der Waals surface area contributed by atoms with Gasteiger partial charge in [-0.2, -0.15) is 0 Å². The molecule has 1 saturated heterocycles. The molecule has 1 aliphatic carbocycles. The fourth-order valence-corrected chi connectivity index (χ4v) is 5.55. The van der Waals surface area contributed by atoms with Gasteiger partial charge in [-0.05, 0) is 68.7 Å². The standard InChI is InChI=1S/C23H35N3O2S/c1-17-6-4-5-7-20(17)25(3)19-10-13-26(14-11-19)23(28)16-24-22(27)9-8-21-18(2)12-15-29-21/h8-9,12,15,17,19-20H,4-7,10-11,13-14,16H2,1-3H3,(H,24,27)/b9-8+/t17-,20-/m1/s1. The zero-order valence-corrected chi connectivity index (χ0v) is 18.8. The highest BCUT2D eigenvalue weighted by molar-refractivity contribution is 7.11. The van der Waals surface area contributed by atoms with Crippen LogP contribution in [0, 0.1) is 12.8 Å². The van der Waals surface area contributed by atoms with Gasteiger partial charge in [0.1, 0.15) is 0 Å². The zero-order valence-electron chi connectivity index (χ0n) is 18.0. The van der Waals surface area contributed by atoms with E-state index in [-0.39, 0.29) is 18.4 Å². The molecule has 2 fully saturated rings. The van der Waals surface area contributed by atoms with Crippen molar-refractivity contribution in [3.05, 3.63) is 28.0 Å². The van der Waals surface area contributed by atoms with E-state index in [2.05, 4.69) is 24.2 Å². The number of nitrogens with one attached hydrogen (secondary N) is 1. The van der Waals surface area contributed by atoms with Crippen molar-refractivity contribution in [1.82, 2.24) is 15.1 Å². The number of piperidine rings is 1. The Morgan fingerprint density at radius 1 is 1.24 bits per heavy atom. The van der Waals surface area contributed by atoms with E-state index in [9.17, 15) is 9.59 Å². The Bertz CT molecular complexity index is 721. The van der Waals surface area contributed by atoms with Crippen LogP contribution in [0.4, 0.5) is 0 Å². The second-order valence-corrected chi connectivity index (χ2v) is 9.57. The fourth-order valence-electron chi connectivity index (χ4n) is 4.74. The molecule has 29 heavy (non-hydrogen) atoms. The first-order valence-electron chi connectivity index (χ1n) is 11.0. The molecule has 2 amide bonds. The van der Waals surface area contributed by atoms with Crippen LogP contribution >= 0.6 is 11.3 Å². The van der Waals surface area contributed by atoms with Gasteiger partial charge in [-0.1, -0.05) is 19.8 Å². The minimum atomic E-state index is -0.216. The summed E-state index contributed by atoms with van der Waals surface area (Å²) < 4.78 is 0. The van der Waals surface area contributed by atoms with Gasteiger partial charge in [-0.25, -0.2) is 0 Å². The molecule has 3 rings (SSSR count). The first kappa shape index (κ1) is 22.0. The third-order valence-electron chi connectivity index (χ3n) is 6.68. The molecule has 6 heteroatoms. The van der Waals surface area contributed by atoms with E-state index in [0.717, 1.165) is 42.3 Å². The molecule has 0 unspecified atom stereocenters. The van der Waals surface area contributed by atoms with E-state index in [0.29, 0.717) is 12.1 Å². The minimum absolute atomic E-state index is 0.0196. The molecule has 1 saturated carbocycles. The molecule has 0 radical (unpaired) electrons. The Morgan fingerprint density at radius 3 is 2.62 bits per heavy atom. The highest BCUT2D eigenvalue weighted by atomic mass is 32.1. The molecular weight excluding hydrogens is 382 g/mol. The van der Waals surface area contributed by atoms with Crippen LogP contribution < -0.4 is 5.32 Å². The topological polar surface area (TPSA) is 52.7 Å². The molecule has 0 bridgehead atoms. The van der Waals surface area contributed by atoms with Gasteiger partial charge in [0, 0.05) is 36.1 Å². The molecule has 2 aliphatic rings. The van der Waals surface area contributed by atoms with Crippen molar-refractivity contribution in [3.63, 3.8) is 0 Å². The summed E-state index contributed by atoms with van der Waals surface area (Å²) in [6, 6.07) is 3.28. The van der Waals surface area contributed by atoms with Gasteiger partial charge in [0.05, 0.1) is 6.54 Å². The number of carbonyl (C=O) groups excluding carboxylic acids is 2. The minimum Gasteiger partial charge on any atom is -0.343 e. The van der Waals surface area contributed by atoms with E-state index >= 15 is 0 Å². The highest BCUT2D eigenvalue weighted by Gasteiger charge is 2.32. The number of carbonyl (C=O) groups is 2. The Kier molecular flexibility index (Phi) is 7.90. The summed E-state index contributed by atoms with van der Waals surface area (Å²) in [7, 11) is 2.27. The van der Waals surface area contributed by atoms with Gasteiger partial charge in [-0.3, -0.25) is 9.59 Å². The smallest absolute Gasteiger partial charge is 0.244 e. The lowest BCUT2D eigenvalue weighted by Crippen LogP contribution is -2.51. The monoisotopic (exact) mass is 417 g/mol. The van der Waals surface area contributed by atoms with Crippen LogP contribution in [0.3, 0.4) is 0 Å². The molecule has 1 N–H and O–H groups in total. The molecule has 2 atom stereocenters. The number of hydrogen-bond acceptors (Lipinski definition) is 4. The number of likely N-dealkylation sites (tertiary alicyclic amines) is 1. The molecule has 1 aromatic heterocycles. The van der Waals surface area contributed by atoms with Crippen LogP contribution in [0.25, 0.3) is 6.08 Å². The number of rotatable bonds is 6. The molecular formula is C23H35N3O2S. The second kappa shape index (κ2) is 10.4. The van der Waals surface area contributed by atoms with Gasteiger partial charge in [0.2, 0.25) is 11.8 Å². The van der Waals surface area contributed by atoms with Crippen molar-refractivity contribution in [3.8, 4) is 0 Å². The molecule has 1 aliphatic heterocycles. The Morgan fingerprint density at radius 2 is 1.97 bits per heavy atom. The third kappa shape index (κ3) is 5.92. The van der Waals surface area contributed by atoms with Gasteiger partial charge in [0.15, 0.2) is 0 Å². The molecule has 0 aromatic carbocycles. The van der Waals surface area contributed by atoms with Crippen molar-refractivity contribution in [2.24, 2.45) is 5.92 Å². The lowest BCUT2D eigenvalue weighted by Gasteiger charge is -2.44. The van der Waals surface area contributed by atoms with Gasteiger partial charge < -0.3 is 15.1 Å². The summed E-state index contributed by atoms with van der Waals surface area (Å²) in [5.41, 5.74) is 1.16. The van der Waals surface area contributed by atoms with Gasteiger partial charge >= 0.3 is 0 Å². The van der Waals surface area contributed by atoms with E-state index in [4.69, 9.17) is 0 Å². The highest BCUT2D eigenvalue weighted by Crippen LogP contribution is 2.30. The predicted molar refractivity (Wildman–Crippen MR) is 120 cm³/mol. The number of hydrogen-bond donors (Lipinski definition) is 1. The summed E-state index contributed by atoms with van der Waals surface area (Å²) in [5.74, 6) is 0.577. The quantitative estimate of drug-likeness (QED) is 0.718. The maximum Gasteiger partial charge on any atom is 0.244 e. The lowest BCUT2D eigenvalue weighted by molar-refractivity contribution is -0.133. The zero-order chi connectivity index (χ0) is 20.8. The Hall–Kier alpha value is -1.66. The van der Waals surface area contributed by atoms with Crippen LogP contribution in [-0.4, -0.2) is 60.4 Å². The van der Waals surface area contributed by atoms with Gasteiger partial charge in [-0.15, -0.1) is 11.3 Å². The number of aryl methyl sites for hydroxylation is 1. The molecule has 1 aromatic rings. The normalized spacial score (nSPS) is 23.7. The van der Waals surface area contributed by atoms with Crippen LogP contribution in [0.5, 0.6) is 0 Å². The maximum absolute atomic E-state index is 12.5. The maximum atomic E-state index is 12.5. The number of thiophene rings is 1. The van der Waals surface area contributed by atoms with Crippen LogP contribution in [0.1, 0.15) is 55.9 Å². The van der Waals surface area contributed by atoms with Crippen molar-refractivity contribution in [2.45, 2.75) is 64.5 Å². The van der Waals surface area contributed by atoms with Crippen molar-refractivity contribution in [2.75, 3.05) is 26.7 Å². The first-order chi connectivity index (χ1) is 14.0. The summed E-state index contributed by atoms with van der Waals surface area (Å²) in [6.07, 6.45) is 10.7. The average Bonchev–Trinajstić information content (AvgIpc) is 3.15. The largest absolute Gasteiger partial charge is 0.343 e. The Labute approximate surface area is 179 Å². The third-order valence-corrected chi connectivity index (χ3v) is 7.67. The summed E-state index contributed by atoms with van der Waals surface area (Å²) in [4.78, 5) is 30.1. The van der Waals surface area contributed by atoms with E-state index in [1.54, 1.807) is 11.3 Å². The van der Waals surface area contributed by atoms with E-state index in [1.807, 2.05) is 29.3 Å². The van der Waals surface area contributed by atoms with Crippen molar-refractivity contribution < 1.29 is 9.59 Å². The van der Waals surface area contributed by atoms with Gasteiger partial charge in [0.25, 0.3) is 0 Å². The fraction of sp³-hybridized carbons (Fsp3) is 0.652. The molecule has 2 heterocycles. The molecule has 160 valence electrons.